The molecule has 0 aliphatic carbocycles. The fourth-order valence-corrected chi connectivity index (χ4v) is 3.97. The van der Waals surface area contributed by atoms with Crippen molar-refractivity contribution in [3.63, 3.8) is 0 Å². The summed E-state index contributed by atoms with van der Waals surface area (Å²) in [6, 6.07) is 1.56. The lowest BCUT2D eigenvalue weighted by atomic mass is 10.3. The zero-order valence-electron chi connectivity index (χ0n) is 13.9. The van der Waals surface area contributed by atoms with Gasteiger partial charge >= 0.3 is 0 Å². The average Bonchev–Trinajstić information content (AvgIpc) is 3.01. The molecule has 2 rings (SSSR count). The number of sulfonamides is 1. The van der Waals surface area contributed by atoms with E-state index >= 15 is 0 Å². The molecule has 1 aliphatic rings. The molecule has 0 atom stereocenters. The lowest BCUT2D eigenvalue weighted by molar-refractivity contribution is -0.138. The quantitative estimate of drug-likeness (QED) is 0.668. The second-order valence-electron chi connectivity index (χ2n) is 5.70. The summed E-state index contributed by atoms with van der Waals surface area (Å²) >= 11 is 0. The normalized spacial score (nSPS) is 16.0. The number of aryl methyl sites for hydroxylation is 1. The molecule has 8 nitrogen and oxygen atoms in total. The molecule has 0 unspecified atom stereocenters. The van der Waals surface area contributed by atoms with Crippen LogP contribution in [0.5, 0.6) is 0 Å². The summed E-state index contributed by atoms with van der Waals surface area (Å²) < 4.78 is 28.1. The maximum Gasteiger partial charge on any atom is 0.246 e. The predicted octanol–water partition coefficient (Wildman–Crippen LogP) is -0.498. The number of amides is 2. The van der Waals surface area contributed by atoms with Crippen LogP contribution in [0.1, 0.15) is 0 Å². The smallest absolute Gasteiger partial charge is 0.246 e. The van der Waals surface area contributed by atoms with E-state index in [1.165, 1.54) is 16.3 Å². The molecule has 1 aliphatic heterocycles. The van der Waals surface area contributed by atoms with Crippen molar-refractivity contribution in [3.8, 4) is 0 Å². The van der Waals surface area contributed by atoms with Gasteiger partial charge in [-0.15, -0.1) is 0 Å². The van der Waals surface area contributed by atoms with Crippen LogP contribution >= 0.6 is 0 Å². The summed E-state index contributed by atoms with van der Waals surface area (Å²) in [4.78, 5) is 26.7. The maximum atomic E-state index is 12.5. The Morgan fingerprint density at radius 1 is 1.29 bits per heavy atom. The van der Waals surface area contributed by atoms with Crippen molar-refractivity contribution >= 4 is 21.8 Å². The van der Waals surface area contributed by atoms with Crippen molar-refractivity contribution in [2.24, 2.45) is 7.05 Å². The molecule has 2 amide bonds. The first-order valence-corrected chi connectivity index (χ1v) is 8.97. The van der Waals surface area contributed by atoms with E-state index in [9.17, 15) is 18.0 Å². The molecule has 2 heterocycles. The minimum Gasteiger partial charge on any atom is -0.356 e. The van der Waals surface area contributed by atoms with Crippen LogP contribution in [-0.2, 0) is 26.7 Å². The van der Waals surface area contributed by atoms with Crippen LogP contribution in [0.15, 0.2) is 36.0 Å². The standard InChI is InChI=1S/C15H22N4O4S/c1-4-14(20)17(3)12-15(21)18-7-9-19(10-8-18)24(22,23)13-5-6-16(2)11-13/h4-6,11H,1,7-10,12H2,2-3H3. The molecule has 0 spiro atoms. The Hall–Kier alpha value is -2.13. The summed E-state index contributed by atoms with van der Waals surface area (Å²) in [5.74, 6) is -0.530. The van der Waals surface area contributed by atoms with Crippen molar-refractivity contribution in [1.82, 2.24) is 18.7 Å². The van der Waals surface area contributed by atoms with Gasteiger partial charge in [0.15, 0.2) is 0 Å². The highest BCUT2D eigenvalue weighted by Gasteiger charge is 2.30. The van der Waals surface area contributed by atoms with E-state index in [1.54, 1.807) is 35.0 Å². The highest BCUT2D eigenvalue weighted by molar-refractivity contribution is 7.89. The number of hydrogen-bond acceptors (Lipinski definition) is 4. The summed E-state index contributed by atoms with van der Waals surface area (Å²) in [5.41, 5.74) is 0. The molecule has 0 bridgehead atoms. The van der Waals surface area contributed by atoms with E-state index in [1.807, 2.05) is 0 Å². The number of likely N-dealkylation sites (N-methyl/N-ethyl adjacent to an activating group) is 1. The van der Waals surface area contributed by atoms with Crippen LogP contribution in [0.2, 0.25) is 0 Å². The molecule has 132 valence electrons. The first-order chi connectivity index (χ1) is 11.3. The van der Waals surface area contributed by atoms with Crippen LogP contribution in [-0.4, -0.2) is 78.7 Å². The molecule has 0 radical (unpaired) electrons. The van der Waals surface area contributed by atoms with E-state index < -0.39 is 10.0 Å². The second-order valence-corrected chi connectivity index (χ2v) is 7.63. The molecular weight excluding hydrogens is 332 g/mol. The molecule has 0 N–H and O–H groups in total. The highest BCUT2D eigenvalue weighted by Crippen LogP contribution is 2.17. The van der Waals surface area contributed by atoms with Crippen LogP contribution < -0.4 is 0 Å². The second kappa shape index (κ2) is 7.18. The number of piperazine rings is 1. The van der Waals surface area contributed by atoms with Crippen molar-refractivity contribution in [3.05, 3.63) is 31.1 Å². The fourth-order valence-electron chi connectivity index (χ4n) is 2.49. The number of carbonyl (C=O) groups excluding carboxylic acids is 2. The van der Waals surface area contributed by atoms with Gasteiger partial charge in [-0.1, -0.05) is 6.58 Å². The monoisotopic (exact) mass is 354 g/mol. The molecule has 9 heteroatoms. The Kier molecular flexibility index (Phi) is 5.45. The lowest BCUT2D eigenvalue weighted by Gasteiger charge is -2.34. The van der Waals surface area contributed by atoms with Gasteiger partial charge in [0, 0.05) is 52.7 Å². The topological polar surface area (TPSA) is 82.9 Å². The molecule has 24 heavy (non-hydrogen) atoms. The number of nitrogens with zero attached hydrogens (tertiary/aromatic N) is 4. The van der Waals surface area contributed by atoms with Gasteiger partial charge in [0.25, 0.3) is 0 Å². The molecule has 0 saturated carbocycles. The van der Waals surface area contributed by atoms with E-state index in [0.29, 0.717) is 13.1 Å². The minimum absolute atomic E-state index is 0.0453. The van der Waals surface area contributed by atoms with E-state index in [-0.39, 0.29) is 36.3 Å². The summed E-state index contributed by atoms with van der Waals surface area (Å²) in [6.07, 6.45) is 4.39. The Bertz CT molecular complexity index is 732. The van der Waals surface area contributed by atoms with E-state index in [4.69, 9.17) is 0 Å². The van der Waals surface area contributed by atoms with Gasteiger partial charge in [-0.05, 0) is 12.1 Å². The third-order valence-corrected chi connectivity index (χ3v) is 5.84. The van der Waals surface area contributed by atoms with E-state index in [2.05, 4.69) is 6.58 Å². The first-order valence-electron chi connectivity index (χ1n) is 7.53. The fraction of sp³-hybridized carbons (Fsp3) is 0.467. The largest absolute Gasteiger partial charge is 0.356 e. The SMILES string of the molecule is C=CC(=O)N(C)CC(=O)N1CCN(S(=O)(=O)c2ccn(C)c2)CC1. The Morgan fingerprint density at radius 3 is 2.42 bits per heavy atom. The molecule has 1 aromatic heterocycles. The summed E-state index contributed by atoms with van der Waals surface area (Å²) in [7, 11) is -0.248. The Labute approximate surface area is 142 Å². The van der Waals surface area contributed by atoms with E-state index in [0.717, 1.165) is 6.08 Å². The van der Waals surface area contributed by atoms with Crippen molar-refractivity contribution in [2.45, 2.75) is 4.90 Å². The van der Waals surface area contributed by atoms with Crippen LogP contribution in [0.25, 0.3) is 0 Å². The third kappa shape index (κ3) is 3.85. The van der Waals surface area contributed by atoms with Crippen molar-refractivity contribution in [1.29, 1.82) is 0 Å². The molecule has 0 aromatic carbocycles. The highest BCUT2D eigenvalue weighted by atomic mass is 32.2. The van der Waals surface area contributed by atoms with Gasteiger partial charge in [0.05, 0.1) is 11.4 Å². The molecule has 1 fully saturated rings. The number of carbonyl (C=O) groups is 2. The predicted molar refractivity (Wildman–Crippen MR) is 88.6 cm³/mol. The van der Waals surface area contributed by atoms with Crippen molar-refractivity contribution < 1.29 is 18.0 Å². The number of rotatable bonds is 5. The van der Waals surface area contributed by atoms with Gasteiger partial charge in [0.2, 0.25) is 21.8 Å². The summed E-state index contributed by atoms with van der Waals surface area (Å²) in [6.45, 7) is 4.42. The van der Waals surface area contributed by atoms with Crippen molar-refractivity contribution in [2.75, 3.05) is 39.8 Å². The zero-order valence-corrected chi connectivity index (χ0v) is 14.7. The maximum absolute atomic E-state index is 12.5. The zero-order chi connectivity index (χ0) is 17.9. The molecule has 1 aromatic rings. The van der Waals surface area contributed by atoms with Crippen LogP contribution in [0.4, 0.5) is 0 Å². The number of hydrogen-bond donors (Lipinski definition) is 0. The minimum atomic E-state index is -3.53. The van der Waals surface area contributed by atoms with Crippen LogP contribution in [0, 0.1) is 0 Å². The average molecular weight is 354 g/mol. The Balaban J connectivity index is 1.95. The lowest BCUT2D eigenvalue weighted by Crippen LogP contribution is -2.52. The third-order valence-electron chi connectivity index (χ3n) is 3.96. The Morgan fingerprint density at radius 2 is 1.92 bits per heavy atom. The molecular formula is C15H22N4O4S. The van der Waals surface area contributed by atoms with Gasteiger partial charge in [0.1, 0.15) is 0 Å². The van der Waals surface area contributed by atoms with Crippen LogP contribution in [0.3, 0.4) is 0 Å². The molecule has 1 saturated heterocycles. The van der Waals surface area contributed by atoms with Gasteiger partial charge in [-0.2, -0.15) is 4.31 Å². The van der Waals surface area contributed by atoms with Gasteiger partial charge in [-0.25, -0.2) is 8.42 Å². The van der Waals surface area contributed by atoms with Gasteiger partial charge in [-0.3, -0.25) is 9.59 Å². The number of aromatic nitrogens is 1. The first kappa shape index (κ1) is 18.2. The van der Waals surface area contributed by atoms with Gasteiger partial charge < -0.3 is 14.4 Å². The summed E-state index contributed by atoms with van der Waals surface area (Å²) in [5, 5.41) is 0.